The van der Waals surface area contributed by atoms with Gasteiger partial charge in [0.15, 0.2) is 0 Å². The molecule has 0 atom stereocenters. The van der Waals surface area contributed by atoms with E-state index in [-0.39, 0.29) is 5.69 Å². The molecule has 4 rings (SSSR count). The van der Waals surface area contributed by atoms with Crippen LogP contribution in [-0.4, -0.2) is 13.0 Å². The van der Waals surface area contributed by atoms with Gasteiger partial charge in [0.2, 0.25) is 5.91 Å². The lowest BCUT2D eigenvalue weighted by Crippen LogP contribution is -2.10. The van der Waals surface area contributed by atoms with Gasteiger partial charge in [0, 0.05) is 32.6 Å². The summed E-state index contributed by atoms with van der Waals surface area (Å²) in [7, 11) is 1.59. The molecule has 6 heteroatoms. The standard InChI is InChI=1S/C26H21BrFNO3/c1-15(11-24(30)29-23-10-9-18(27)12-22(23)28)19-13-20-21(17-7-5-4-6-8-17)14-32-26(20)16(2)25(19)31-3/h4-14H,1-3H3,(H,29,30)/b15-11+. The molecular formula is C26H21BrFNO3. The summed E-state index contributed by atoms with van der Waals surface area (Å²) in [6.45, 7) is 3.75. The molecular weight excluding hydrogens is 473 g/mol. The number of aryl methyl sites for hydroxylation is 1. The van der Waals surface area contributed by atoms with Crippen molar-refractivity contribution in [3.63, 3.8) is 0 Å². The molecule has 0 aliphatic carbocycles. The summed E-state index contributed by atoms with van der Waals surface area (Å²) < 4.78 is 26.2. The maximum atomic E-state index is 14.1. The average molecular weight is 494 g/mol. The fraction of sp³-hybridized carbons (Fsp3) is 0.115. The second kappa shape index (κ2) is 9.01. The zero-order chi connectivity index (χ0) is 22.8. The molecule has 32 heavy (non-hydrogen) atoms. The van der Waals surface area contributed by atoms with Gasteiger partial charge in [-0.25, -0.2) is 4.39 Å². The van der Waals surface area contributed by atoms with E-state index in [1.165, 1.54) is 18.2 Å². The summed E-state index contributed by atoms with van der Waals surface area (Å²) in [4.78, 5) is 12.6. The van der Waals surface area contributed by atoms with Crippen LogP contribution >= 0.6 is 15.9 Å². The van der Waals surface area contributed by atoms with E-state index in [0.29, 0.717) is 15.8 Å². The molecule has 0 bridgehead atoms. The Morgan fingerprint density at radius 1 is 1.16 bits per heavy atom. The lowest BCUT2D eigenvalue weighted by molar-refractivity contribution is -0.111. The summed E-state index contributed by atoms with van der Waals surface area (Å²) >= 11 is 3.21. The van der Waals surface area contributed by atoms with Gasteiger partial charge in [-0.15, -0.1) is 0 Å². The first-order valence-corrected chi connectivity index (χ1v) is 10.8. The summed E-state index contributed by atoms with van der Waals surface area (Å²) in [5, 5.41) is 3.52. The maximum absolute atomic E-state index is 14.1. The molecule has 0 unspecified atom stereocenters. The van der Waals surface area contributed by atoms with Crippen molar-refractivity contribution in [2.24, 2.45) is 0 Å². The van der Waals surface area contributed by atoms with Gasteiger partial charge in [0.25, 0.3) is 0 Å². The molecule has 1 N–H and O–H groups in total. The number of carbonyl (C=O) groups excluding carboxylic acids is 1. The van der Waals surface area contributed by atoms with E-state index in [1.54, 1.807) is 19.4 Å². The molecule has 1 amide bonds. The van der Waals surface area contributed by atoms with E-state index in [2.05, 4.69) is 21.2 Å². The number of hydrogen-bond donors (Lipinski definition) is 1. The van der Waals surface area contributed by atoms with Crippen LogP contribution in [0.2, 0.25) is 0 Å². The third-order valence-corrected chi connectivity index (χ3v) is 5.79. The fourth-order valence-electron chi connectivity index (χ4n) is 3.75. The highest BCUT2D eigenvalue weighted by Gasteiger charge is 2.19. The van der Waals surface area contributed by atoms with Gasteiger partial charge in [-0.1, -0.05) is 46.3 Å². The second-order valence-electron chi connectivity index (χ2n) is 7.42. The smallest absolute Gasteiger partial charge is 0.248 e. The number of hydrogen-bond acceptors (Lipinski definition) is 3. The Kier molecular flexibility index (Phi) is 6.15. The van der Waals surface area contributed by atoms with Crippen molar-refractivity contribution in [2.75, 3.05) is 12.4 Å². The molecule has 4 aromatic rings. The third kappa shape index (κ3) is 4.18. The molecule has 1 aromatic heterocycles. The average Bonchev–Trinajstić information content (AvgIpc) is 3.20. The molecule has 0 aliphatic rings. The predicted octanol–water partition coefficient (Wildman–Crippen LogP) is 7.36. The van der Waals surface area contributed by atoms with Gasteiger partial charge in [-0.2, -0.15) is 0 Å². The van der Waals surface area contributed by atoms with E-state index in [9.17, 15) is 9.18 Å². The van der Waals surface area contributed by atoms with Crippen molar-refractivity contribution in [3.05, 3.63) is 88.4 Å². The van der Waals surface area contributed by atoms with Gasteiger partial charge in [-0.3, -0.25) is 4.79 Å². The number of carbonyl (C=O) groups is 1. The van der Waals surface area contributed by atoms with Gasteiger partial charge in [-0.05, 0) is 49.2 Å². The largest absolute Gasteiger partial charge is 0.496 e. The number of methoxy groups -OCH3 is 1. The summed E-state index contributed by atoms with van der Waals surface area (Å²) in [5.41, 5.74) is 5.13. The van der Waals surface area contributed by atoms with Gasteiger partial charge < -0.3 is 14.5 Å². The highest BCUT2D eigenvalue weighted by atomic mass is 79.9. The highest BCUT2D eigenvalue weighted by Crippen LogP contribution is 2.40. The van der Waals surface area contributed by atoms with Gasteiger partial charge in [0.05, 0.1) is 19.1 Å². The van der Waals surface area contributed by atoms with Crippen LogP contribution in [0.1, 0.15) is 18.1 Å². The number of nitrogens with one attached hydrogen (secondary N) is 1. The third-order valence-electron chi connectivity index (χ3n) is 5.29. The van der Waals surface area contributed by atoms with Crippen molar-refractivity contribution in [3.8, 4) is 16.9 Å². The molecule has 162 valence electrons. The Balaban J connectivity index is 1.75. The maximum Gasteiger partial charge on any atom is 0.248 e. The SMILES string of the molecule is COc1c(/C(C)=C/C(=O)Nc2ccc(Br)cc2F)cc2c(-c3ccccc3)coc2c1C. The summed E-state index contributed by atoms with van der Waals surface area (Å²) in [5.74, 6) is -0.318. The van der Waals surface area contributed by atoms with Gasteiger partial charge >= 0.3 is 0 Å². The lowest BCUT2D eigenvalue weighted by atomic mass is 9.96. The quantitative estimate of drug-likeness (QED) is 0.295. The summed E-state index contributed by atoms with van der Waals surface area (Å²) in [6.07, 6.45) is 3.17. The topological polar surface area (TPSA) is 51.5 Å². The Hall–Kier alpha value is -3.38. The van der Waals surface area contributed by atoms with E-state index in [0.717, 1.165) is 33.2 Å². The van der Waals surface area contributed by atoms with Crippen molar-refractivity contribution < 1.29 is 18.3 Å². The van der Waals surface area contributed by atoms with Crippen LogP contribution in [-0.2, 0) is 4.79 Å². The number of benzene rings is 3. The Labute approximate surface area is 193 Å². The Morgan fingerprint density at radius 3 is 2.59 bits per heavy atom. The first-order valence-electron chi connectivity index (χ1n) is 9.98. The number of furan rings is 1. The van der Waals surface area contributed by atoms with E-state index >= 15 is 0 Å². The van der Waals surface area contributed by atoms with Crippen LogP contribution in [0.15, 0.2) is 75.8 Å². The fourth-order valence-corrected chi connectivity index (χ4v) is 4.08. The van der Waals surface area contributed by atoms with Crippen molar-refractivity contribution >= 4 is 44.1 Å². The van der Waals surface area contributed by atoms with Crippen LogP contribution in [0.25, 0.3) is 27.7 Å². The minimum Gasteiger partial charge on any atom is -0.496 e. The van der Waals surface area contributed by atoms with Crippen LogP contribution in [0.5, 0.6) is 5.75 Å². The Bertz CT molecular complexity index is 1340. The number of halogens is 2. The van der Waals surface area contributed by atoms with E-state index in [1.807, 2.05) is 50.2 Å². The molecule has 0 spiro atoms. The van der Waals surface area contributed by atoms with Crippen molar-refractivity contribution in [1.29, 1.82) is 0 Å². The molecule has 4 nitrogen and oxygen atoms in total. The van der Waals surface area contributed by atoms with Crippen molar-refractivity contribution in [1.82, 2.24) is 0 Å². The number of rotatable bonds is 5. The molecule has 0 saturated heterocycles. The molecule has 0 aliphatic heterocycles. The molecule has 0 fully saturated rings. The predicted molar refractivity (Wildman–Crippen MR) is 129 cm³/mol. The van der Waals surface area contributed by atoms with E-state index in [4.69, 9.17) is 9.15 Å². The number of amides is 1. The number of ether oxygens (including phenoxy) is 1. The first kappa shape index (κ1) is 21.8. The van der Waals surface area contributed by atoms with Crippen LogP contribution in [0.4, 0.5) is 10.1 Å². The molecule has 1 heterocycles. The van der Waals surface area contributed by atoms with Gasteiger partial charge in [0.1, 0.15) is 17.1 Å². The molecule has 0 saturated carbocycles. The zero-order valence-electron chi connectivity index (χ0n) is 17.8. The normalized spacial score (nSPS) is 11.6. The summed E-state index contributed by atoms with van der Waals surface area (Å²) in [6, 6.07) is 16.4. The van der Waals surface area contributed by atoms with Crippen LogP contribution in [0.3, 0.4) is 0 Å². The highest BCUT2D eigenvalue weighted by molar-refractivity contribution is 9.10. The minimum absolute atomic E-state index is 0.113. The van der Waals surface area contributed by atoms with E-state index < -0.39 is 11.7 Å². The molecule has 0 radical (unpaired) electrons. The second-order valence-corrected chi connectivity index (χ2v) is 8.33. The first-order chi connectivity index (χ1) is 15.4. The van der Waals surface area contributed by atoms with Crippen LogP contribution < -0.4 is 10.1 Å². The monoisotopic (exact) mass is 493 g/mol. The lowest BCUT2D eigenvalue weighted by Gasteiger charge is -2.13. The zero-order valence-corrected chi connectivity index (χ0v) is 19.4. The Morgan fingerprint density at radius 2 is 1.91 bits per heavy atom. The molecule has 3 aromatic carbocycles. The number of fused-ring (bicyclic) bond motifs is 1. The minimum atomic E-state index is -0.514. The van der Waals surface area contributed by atoms with Crippen molar-refractivity contribution in [2.45, 2.75) is 13.8 Å². The van der Waals surface area contributed by atoms with Crippen LogP contribution in [0, 0.1) is 12.7 Å². The number of anilines is 1. The number of allylic oxidation sites excluding steroid dienone is 1.